The first-order chi connectivity index (χ1) is 8.81. The van der Waals surface area contributed by atoms with Crippen LogP contribution in [0.2, 0.25) is 0 Å². The first kappa shape index (κ1) is 12.3. The molecule has 0 spiro atoms. The van der Waals surface area contributed by atoms with Crippen molar-refractivity contribution in [3.05, 3.63) is 0 Å². The van der Waals surface area contributed by atoms with Gasteiger partial charge in [-0.25, -0.2) is 0 Å². The molecule has 2 aliphatic carbocycles. The summed E-state index contributed by atoms with van der Waals surface area (Å²) in [6.45, 7) is 2.62. The Hall–Kier alpha value is -0.770. The molecule has 3 fully saturated rings. The van der Waals surface area contributed by atoms with Crippen molar-refractivity contribution >= 4 is 5.96 Å². The summed E-state index contributed by atoms with van der Waals surface area (Å²) < 4.78 is 0. The number of likely N-dealkylation sites (tertiary alicyclic amines) is 1. The lowest BCUT2D eigenvalue weighted by Crippen LogP contribution is -2.56. The zero-order valence-corrected chi connectivity index (χ0v) is 11.3. The molecule has 0 unspecified atom stereocenters. The van der Waals surface area contributed by atoms with Gasteiger partial charge in [-0.1, -0.05) is 6.42 Å². The highest BCUT2D eigenvalue weighted by molar-refractivity contribution is 5.78. The minimum Gasteiger partial charge on any atom is -0.370 e. The number of nitrogens with one attached hydrogen (secondary N) is 1. The zero-order valence-electron chi connectivity index (χ0n) is 11.3. The lowest BCUT2D eigenvalue weighted by atomic mass is 9.84. The molecule has 0 atom stereocenters. The Kier molecular flexibility index (Phi) is 3.73. The number of hydrogen-bond donors (Lipinski definition) is 2. The standard InChI is InChI=1S/C14H26N4/c15-14(16-11-5-4-6-11)17-12-9-13(10-12)18-7-2-1-3-8-18/h11-13H,1-10H2,(H3,15,16,17). The van der Waals surface area contributed by atoms with Crippen LogP contribution in [-0.4, -0.2) is 42.1 Å². The van der Waals surface area contributed by atoms with Crippen molar-refractivity contribution in [1.82, 2.24) is 10.2 Å². The molecule has 0 radical (unpaired) electrons. The normalized spacial score (nSPS) is 34.8. The molecule has 1 aliphatic heterocycles. The molecule has 2 saturated carbocycles. The summed E-state index contributed by atoms with van der Waals surface area (Å²) in [5.74, 6) is 0.682. The second kappa shape index (κ2) is 5.47. The maximum absolute atomic E-state index is 5.94. The van der Waals surface area contributed by atoms with Crippen LogP contribution >= 0.6 is 0 Å². The van der Waals surface area contributed by atoms with Gasteiger partial charge in [0.1, 0.15) is 0 Å². The van der Waals surface area contributed by atoms with Crippen molar-refractivity contribution in [1.29, 1.82) is 0 Å². The molecule has 4 heteroatoms. The molecule has 3 aliphatic rings. The van der Waals surface area contributed by atoms with E-state index >= 15 is 0 Å². The molecule has 0 aromatic rings. The zero-order chi connectivity index (χ0) is 12.4. The van der Waals surface area contributed by atoms with Gasteiger partial charge in [-0.15, -0.1) is 0 Å². The summed E-state index contributed by atoms with van der Waals surface area (Å²) in [5, 5.41) is 3.39. The minimum absolute atomic E-state index is 0.510. The van der Waals surface area contributed by atoms with Crippen molar-refractivity contribution < 1.29 is 0 Å². The van der Waals surface area contributed by atoms with E-state index in [9.17, 15) is 0 Å². The van der Waals surface area contributed by atoms with E-state index in [-0.39, 0.29) is 0 Å². The molecular weight excluding hydrogens is 224 g/mol. The summed E-state index contributed by atoms with van der Waals surface area (Å²) in [6, 6.07) is 1.88. The summed E-state index contributed by atoms with van der Waals surface area (Å²) in [6.07, 6.45) is 10.5. The second-order valence-corrected chi connectivity index (χ2v) is 6.16. The molecule has 1 heterocycles. The van der Waals surface area contributed by atoms with Crippen LogP contribution in [0, 0.1) is 0 Å². The molecule has 0 aromatic carbocycles. The van der Waals surface area contributed by atoms with Crippen LogP contribution in [0.25, 0.3) is 0 Å². The molecule has 0 amide bonds. The smallest absolute Gasteiger partial charge is 0.189 e. The maximum Gasteiger partial charge on any atom is 0.189 e. The van der Waals surface area contributed by atoms with Crippen LogP contribution in [0.3, 0.4) is 0 Å². The lowest BCUT2D eigenvalue weighted by Gasteiger charge is -2.44. The topological polar surface area (TPSA) is 53.6 Å². The third-order valence-corrected chi connectivity index (χ3v) is 4.77. The summed E-state index contributed by atoms with van der Waals surface area (Å²) in [5.41, 5.74) is 5.94. The van der Waals surface area contributed by atoms with E-state index in [1.807, 2.05) is 0 Å². The quantitative estimate of drug-likeness (QED) is 0.589. The molecule has 0 aromatic heterocycles. The predicted octanol–water partition coefficient (Wildman–Crippen LogP) is 1.46. The van der Waals surface area contributed by atoms with E-state index in [1.165, 1.54) is 64.5 Å². The Morgan fingerprint density at radius 1 is 1.06 bits per heavy atom. The minimum atomic E-state index is 0.510. The lowest BCUT2D eigenvalue weighted by molar-refractivity contribution is 0.0845. The fourth-order valence-electron chi connectivity index (χ4n) is 3.25. The van der Waals surface area contributed by atoms with Gasteiger partial charge in [0.2, 0.25) is 0 Å². The largest absolute Gasteiger partial charge is 0.370 e. The predicted molar refractivity (Wildman–Crippen MR) is 74.6 cm³/mol. The highest BCUT2D eigenvalue weighted by Crippen LogP contribution is 2.28. The summed E-state index contributed by atoms with van der Waals surface area (Å²) in [4.78, 5) is 7.18. The van der Waals surface area contributed by atoms with Gasteiger partial charge in [0.15, 0.2) is 5.96 Å². The molecule has 18 heavy (non-hydrogen) atoms. The van der Waals surface area contributed by atoms with Gasteiger partial charge in [-0.2, -0.15) is 0 Å². The first-order valence-corrected chi connectivity index (χ1v) is 7.65. The van der Waals surface area contributed by atoms with E-state index in [1.54, 1.807) is 0 Å². The van der Waals surface area contributed by atoms with E-state index in [0.29, 0.717) is 18.0 Å². The number of nitrogens with two attached hydrogens (primary N) is 1. The Labute approximate surface area is 110 Å². The molecular formula is C14H26N4. The Bertz CT molecular complexity index is 299. The van der Waals surface area contributed by atoms with Gasteiger partial charge in [0.05, 0.1) is 6.04 Å². The average Bonchev–Trinajstić information content (AvgIpc) is 2.29. The molecule has 102 valence electrons. The molecule has 4 nitrogen and oxygen atoms in total. The number of rotatable bonds is 3. The number of aliphatic imine (C=N–C) groups is 1. The third kappa shape index (κ3) is 2.79. The van der Waals surface area contributed by atoms with Gasteiger partial charge < -0.3 is 16.0 Å². The van der Waals surface area contributed by atoms with Gasteiger partial charge >= 0.3 is 0 Å². The highest BCUT2D eigenvalue weighted by atomic mass is 15.2. The van der Waals surface area contributed by atoms with E-state index in [2.05, 4.69) is 15.2 Å². The van der Waals surface area contributed by atoms with Crippen molar-refractivity contribution in [2.45, 2.75) is 69.5 Å². The Morgan fingerprint density at radius 3 is 2.39 bits per heavy atom. The van der Waals surface area contributed by atoms with Crippen LogP contribution < -0.4 is 11.1 Å². The SMILES string of the molecule is NC(=NC1CCC1)NC1CC(N2CCCCC2)C1. The fraction of sp³-hybridized carbons (Fsp3) is 0.929. The molecule has 0 bridgehead atoms. The molecule has 1 saturated heterocycles. The number of hydrogen-bond acceptors (Lipinski definition) is 2. The van der Waals surface area contributed by atoms with Crippen molar-refractivity contribution in [2.75, 3.05) is 13.1 Å². The second-order valence-electron chi connectivity index (χ2n) is 6.16. The van der Waals surface area contributed by atoms with Crippen molar-refractivity contribution in [3.8, 4) is 0 Å². The van der Waals surface area contributed by atoms with Crippen molar-refractivity contribution in [3.63, 3.8) is 0 Å². The third-order valence-electron chi connectivity index (χ3n) is 4.77. The Morgan fingerprint density at radius 2 is 1.78 bits per heavy atom. The van der Waals surface area contributed by atoms with E-state index in [0.717, 1.165) is 6.04 Å². The van der Waals surface area contributed by atoms with Gasteiger partial charge in [-0.3, -0.25) is 4.99 Å². The van der Waals surface area contributed by atoms with E-state index < -0.39 is 0 Å². The number of nitrogens with zero attached hydrogens (tertiary/aromatic N) is 2. The average molecular weight is 250 g/mol. The summed E-state index contributed by atoms with van der Waals surface area (Å²) in [7, 11) is 0. The molecule has 3 rings (SSSR count). The van der Waals surface area contributed by atoms with Crippen LogP contribution in [0.5, 0.6) is 0 Å². The van der Waals surface area contributed by atoms with Crippen LogP contribution in [-0.2, 0) is 0 Å². The van der Waals surface area contributed by atoms with Crippen LogP contribution in [0.4, 0.5) is 0 Å². The van der Waals surface area contributed by atoms with Gasteiger partial charge in [0, 0.05) is 12.1 Å². The summed E-state index contributed by atoms with van der Waals surface area (Å²) >= 11 is 0. The monoisotopic (exact) mass is 250 g/mol. The molecule has 3 N–H and O–H groups in total. The van der Waals surface area contributed by atoms with Gasteiger partial charge in [0.25, 0.3) is 0 Å². The maximum atomic E-state index is 5.94. The number of piperidine rings is 1. The van der Waals surface area contributed by atoms with Gasteiger partial charge in [-0.05, 0) is 58.0 Å². The highest BCUT2D eigenvalue weighted by Gasteiger charge is 2.34. The van der Waals surface area contributed by atoms with Crippen molar-refractivity contribution in [2.24, 2.45) is 10.7 Å². The number of guanidine groups is 1. The van der Waals surface area contributed by atoms with E-state index in [4.69, 9.17) is 5.73 Å². The Balaban J connectivity index is 1.37. The first-order valence-electron chi connectivity index (χ1n) is 7.65. The van der Waals surface area contributed by atoms with Crippen LogP contribution in [0.15, 0.2) is 4.99 Å². The van der Waals surface area contributed by atoms with Crippen LogP contribution in [0.1, 0.15) is 51.4 Å². The fourth-order valence-corrected chi connectivity index (χ4v) is 3.25.